The minimum absolute atomic E-state index is 0.0755. The lowest BCUT2D eigenvalue weighted by molar-refractivity contribution is 0.0747. The molecule has 1 atom stereocenters. The van der Waals surface area contributed by atoms with Crippen LogP contribution in [0.25, 0.3) is 0 Å². The summed E-state index contributed by atoms with van der Waals surface area (Å²) in [6.45, 7) is 2.64. The topological polar surface area (TPSA) is 74.0 Å². The van der Waals surface area contributed by atoms with Gasteiger partial charge in [0.05, 0.1) is 14.2 Å². The van der Waals surface area contributed by atoms with Crippen molar-refractivity contribution >= 4 is 5.91 Å². The molecule has 2 aromatic carbocycles. The first kappa shape index (κ1) is 19.6. The van der Waals surface area contributed by atoms with Crippen LogP contribution in [0, 0.1) is 0 Å². The molecule has 6 heteroatoms. The van der Waals surface area contributed by atoms with E-state index in [1.807, 2.05) is 37.3 Å². The number of nitrogens with zero attached hydrogens (tertiary/aromatic N) is 1. The number of benzene rings is 2. The van der Waals surface area contributed by atoms with Crippen LogP contribution in [0.2, 0.25) is 0 Å². The predicted octanol–water partition coefficient (Wildman–Crippen LogP) is 2.70. The SMILES string of the molecule is COc1cc(C(=O)N(C)C(C)CN)cc(OC)c1OCc1ccccc1. The molecule has 1 amide bonds. The molecule has 2 N–H and O–H groups in total. The number of ether oxygens (including phenoxy) is 3. The second-order valence-electron chi connectivity index (χ2n) is 5.98. The fourth-order valence-electron chi connectivity index (χ4n) is 2.44. The van der Waals surface area contributed by atoms with Crippen molar-refractivity contribution in [1.82, 2.24) is 4.90 Å². The van der Waals surface area contributed by atoms with Gasteiger partial charge in [-0.05, 0) is 24.6 Å². The zero-order valence-corrected chi connectivity index (χ0v) is 15.7. The molecule has 2 rings (SSSR count). The van der Waals surface area contributed by atoms with Gasteiger partial charge in [0.1, 0.15) is 6.61 Å². The monoisotopic (exact) mass is 358 g/mol. The molecule has 140 valence electrons. The van der Waals surface area contributed by atoms with E-state index in [0.717, 1.165) is 5.56 Å². The number of amides is 1. The lowest BCUT2D eigenvalue weighted by Crippen LogP contribution is -2.39. The molecule has 2 aromatic rings. The molecule has 0 saturated heterocycles. The van der Waals surface area contributed by atoms with Gasteiger partial charge in [0.15, 0.2) is 11.5 Å². The number of carbonyl (C=O) groups excluding carboxylic acids is 1. The smallest absolute Gasteiger partial charge is 0.254 e. The van der Waals surface area contributed by atoms with Gasteiger partial charge in [-0.3, -0.25) is 4.79 Å². The third-order valence-electron chi connectivity index (χ3n) is 4.26. The molecule has 1 unspecified atom stereocenters. The Balaban J connectivity index is 2.31. The average Bonchev–Trinajstić information content (AvgIpc) is 2.70. The Morgan fingerprint density at radius 3 is 2.19 bits per heavy atom. The average molecular weight is 358 g/mol. The van der Waals surface area contributed by atoms with Gasteiger partial charge >= 0.3 is 0 Å². The third-order valence-corrected chi connectivity index (χ3v) is 4.26. The summed E-state index contributed by atoms with van der Waals surface area (Å²) in [5.41, 5.74) is 7.13. The molecule has 0 spiro atoms. The summed E-state index contributed by atoms with van der Waals surface area (Å²) in [5, 5.41) is 0. The summed E-state index contributed by atoms with van der Waals surface area (Å²) >= 11 is 0. The van der Waals surface area contributed by atoms with E-state index in [1.165, 1.54) is 14.2 Å². The molecule has 0 aromatic heterocycles. The normalized spacial score (nSPS) is 11.6. The molecule has 0 aliphatic carbocycles. The summed E-state index contributed by atoms with van der Waals surface area (Å²) in [4.78, 5) is 14.3. The minimum Gasteiger partial charge on any atom is -0.493 e. The second-order valence-corrected chi connectivity index (χ2v) is 5.98. The van der Waals surface area contributed by atoms with Gasteiger partial charge in [0, 0.05) is 25.2 Å². The standard InChI is InChI=1S/C20H26N2O4/c1-14(12-21)22(2)20(23)16-10-17(24-3)19(18(11-16)25-4)26-13-15-8-6-5-7-9-15/h5-11,14H,12-13,21H2,1-4H3. The van der Waals surface area contributed by atoms with Crippen molar-refractivity contribution in [1.29, 1.82) is 0 Å². The fourth-order valence-corrected chi connectivity index (χ4v) is 2.44. The molecule has 0 fully saturated rings. The Morgan fingerprint density at radius 1 is 1.12 bits per heavy atom. The van der Waals surface area contributed by atoms with Crippen LogP contribution in [0.4, 0.5) is 0 Å². The Labute approximate surface area is 154 Å². The first-order valence-electron chi connectivity index (χ1n) is 8.41. The van der Waals surface area contributed by atoms with Gasteiger partial charge in [-0.2, -0.15) is 0 Å². The number of carbonyl (C=O) groups is 1. The zero-order chi connectivity index (χ0) is 19.1. The predicted molar refractivity (Wildman–Crippen MR) is 101 cm³/mol. The van der Waals surface area contributed by atoms with Crippen LogP contribution < -0.4 is 19.9 Å². The van der Waals surface area contributed by atoms with Gasteiger partial charge < -0.3 is 24.8 Å². The van der Waals surface area contributed by atoms with Crippen molar-refractivity contribution < 1.29 is 19.0 Å². The van der Waals surface area contributed by atoms with E-state index in [-0.39, 0.29) is 11.9 Å². The lowest BCUT2D eigenvalue weighted by Gasteiger charge is -2.24. The third kappa shape index (κ3) is 4.46. The van der Waals surface area contributed by atoms with Crippen LogP contribution >= 0.6 is 0 Å². The molecule has 0 radical (unpaired) electrons. The summed E-state index contributed by atoms with van der Waals surface area (Å²) in [5.74, 6) is 1.19. The highest BCUT2D eigenvalue weighted by Gasteiger charge is 2.22. The number of nitrogens with two attached hydrogens (primary N) is 1. The van der Waals surface area contributed by atoms with Crippen LogP contribution in [-0.4, -0.2) is 44.7 Å². The van der Waals surface area contributed by atoms with Crippen LogP contribution in [0.5, 0.6) is 17.2 Å². The van der Waals surface area contributed by atoms with Gasteiger partial charge in [-0.25, -0.2) is 0 Å². The zero-order valence-electron chi connectivity index (χ0n) is 15.7. The van der Waals surface area contributed by atoms with E-state index in [1.54, 1.807) is 24.1 Å². The summed E-state index contributed by atoms with van der Waals surface area (Å²) < 4.78 is 16.8. The fraction of sp³-hybridized carbons (Fsp3) is 0.350. The van der Waals surface area contributed by atoms with Crippen LogP contribution in [0.3, 0.4) is 0 Å². The Kier molecular flexibility index (Phi) is 6.86. The molecule has 0 heterocycles. The first-order valence-corrected chi connectivity index (χ1v) is 8.41. The molecular formula is C20H26N2O4. The minimum atomic E-state index is -0.158. The molecular weight excluding hydrogens is 332 g/mol. The number of likely N-dealkylation sites (N-methyl/N-ethyl adjacent to an activating group) is 1. The number of hydrogen-bond donors (Lipinski definition) is 1. The quantitative estimate of drug-likeness (QED) is 0.785. The van der Waals surface area contributed by atoms with E-state index in [9.17, 15) is 4.79 Å². The number of rotatable bonds is 8. The summed E-state index contributed by atoms with van der Waals surface area (Å²) in [7, 11) is 4.79. The van der Waals surface area contributed by atoms with E-state index in [2.05, 4.69) is 0 Å². The van der Waals surface area contributed by atoms with E-state index >= 15 is 0 Å². The Morgan fingerprint density at radius 2 is 1.69 bits per heavy atom. The van der Waals surface area contributed by atoms with E-state index < -0.39 is 0 Å². The first-order chi connectivity index (χ1) is 12.5. The second kappa shape index (κ2) is 9.10. The molecule has 0 saturated carbocycles. The number of methoxy groups -OCH3 is 2. The van der Waals surface area contributed by atoms with Crippen molar-refractivity contribution in [2.24, 2.45) is 5.73 Å². The van der Waals surface area contributed by atoms with Gasteiger partial charge in [-0.1, -0.05) is 30.3 Å². The lowest BCUT2D eigenvalue weighted by atomic mass is 10.1. The van der Waals surface area contributed by atoms with Gasteiger partial charge in [0.25, 0.3) is 5.91 Å². The molecule has 6 nitrogen and oxygen atoms in total. The van der Waals surface area contributed by atoms with Crippen LogP contribution in [-0.2, 0) is 6.61 Å². The molecule has 0 aliphatic heterocycles. The Bertz CT molecular complexity index is 709. The Hall–Kier alpha value is -2.73. The maximum Gasteiger partial charge on any atom is 0.254 e. The molecule has 0 aliphatic rings. The largest absolute Gasteiger partial charge is 0.493 e. The van der Waals surface area contributed by atoms with E-state index in [4.69, 9.17) is 19.9 Å². The van der Waals surface area contributed by atoms with Crippen molar-refractivity contribution in [2.45, 2.75) is 19.6 Å². The molecule has 0 bridgehead atoms. The number of hydrogen-bond acceptors (Lipinski definition) is 5. The van der Waals surface area contributed by atoms with Crippen molar-refractivity contribution in [3.63, 3.8) is 0 Å². The van der Waals surface area contributed by atoms with Crippen LogP contribution in [0.1, 0.15) is 22.8 Å². The molecule has 26 heavy (non-hydrogen) atoms. The highest BCUT2D eigenvalue weighted by atomic mass is 16.5. The van der Waals surface area contributed by atoms with Gasteiger partial charge in [0.2, 0.25) is 5.75 Å². The maximum absolute atomic E-state index is 12.7. The van der Waals surface area contributed by atoms with Crippen molar-refractivity contribution in [3.8, 4) is 17.2 Å². The van der Waals surface area contributed by atoms with Gasteiger partial charge in [-0.15, -0.1) is 0 Å². The maximum atomic E-state index is 12.7. The highest BCUT2D eigenvalue weighted by molar-refractivity contribution is 5.95. The highest BCUT2D eigenvalue weighted by Crippen LogP contribution is 2.39. The van der Waals surface area contributed by atoms with Crippen LogP contribution in [0.15, 0.2) is 42.5 Å². The summed E-state index contributed by atoms with van der Waals surface area (Å²) in [6, 6.07) is 13.0. The van der Waals surface area contributed by atoms with Crippen molar-refractivity contribution in [3.05, 3.63) is 53.6 Å². The van der Waals surface area contributed by atoms with Crippen molar-refractivity contribution in [2.75, 3.05) is 27.8 Å². The van der Waals surface area contributed by atoms with E-state index in [0.29, 0.717) is 36.0 Å². The summed E-state index contributed by atoms with van der Waals surface area (Å²) in [6.07, 6.45) is 0.